The van der Waals surface area contributed by atoms with E-state index < -0.39 is 0 Å². The number of pyridine rings is 2. The Morgan fingerprint density at radius 2 is 1.33 bits per heavy atom. The van der Waals surface area contributed by atoms with Crippen LogP contribution in [0.3, 0.4) is 0 Å². The zero-order valence-corrected chi connectivity index (χ0v) is 26.1. The molecule has 3 heteroatoms. The van der Waals surface area contributed by atoms with E-state index in [4.69, 9.17) is 0 Å². The fourth-order valence-corrected chi connectivity index (χ4v) is 7.19. The summed E-state index contributed by atoms with van der Waals surface area (Å²) >= 11 is 0. The van der Waals surface area contributed by atoms with Crippen LogP contribution in [0.15, 0.2) is 103 Å². The molecule has 43 heavy (non-hydrogen) atoms. The van der Waals surface area contributed by atoms with Gasteiger partial charge in [0.05, 0.1) is 11.1 Å². The zero-order chi connectivity index (χ0) is 29.7. The SMILES string of the molecule is CC(C)(C)c1cc(N2c3cccc4c3C(=C3Cc5ccccc5-c5cccc2[n+]53)C[n+]2ccccc2-4)cc(C(C)(C)C)c1. The summed E-state index contributed by atoms with van der Waals surface area (Å²) in [5, 5.41) is 0. The number of hydrogen-bond donors (Lipinski definition) is 0. The van der Waals surface area contributed by atoms with Gasteiger partial charge in [0.25, 0.3) is 5.82 Å². The van der Waals surface area contributed by atoms with E-state index in [2.05, 4.69) is 159 Å². The zero-order valence-electron chi connectivity index (χ0n) is 26.1. The van der Waals surface area contributed by atoms with Crippen LogP contribution in [0.4, 0.5) is 17.2 Å². The molecule has 212 valence electrons. The van der Waals surface area contributed by atoms with Crippen LogP contribution in [0.25, 0.3) is 33.8 Å². The van der Waals surface area contributed by atoms with Crippen LogP contribution in [0.1, 0.15) is 63.8 Å². The summed E-state index contributed by atoms with van der Waals surface area (Å²) in [5.41, 5.74) is 15.9. The first kappa shape index (κ1) is 26.2. The molecule has 0 saturated carbocycles. The first-order valence-corrected chi connectivity index (χ1v) is 15.5. The second-order valence-corrected chi connectivity index (χ2v) is 14.4. The number of anilines is 3. The minimum atomic E-state index is 0.0182. The molecular formula is C40H39N3+2. The molecule has 0 spiro atoms. The van der Waals surface area contributed by atoms with Gasteiger partial charge in [-0.2, -0.15) is 14.0 Å². The van der Waals surface area contributed by atoms with E-state index in [0.29, 0.717) is 0 Å². The predicted molar refractivity (Wildman–Crippen MR) is 177 cm³/mol. The summed E-state index contributed by atoms with van der Waals surface area (Å²) in [6.45, 7) is 14.8. The topological polar surface area (TPSA) is 11.0 Å². The van der Waals surface area contributed by atoms with Gasteiger partial charge in [-0.3, -0.25) is 0 Å². The molecular weight excluding hydrogens is 522 g/mol. The third-order valence-electron chi connectivity index (χ3n) is 9.51. The van der Waals surface area contributed by atoms with Gasteiger partial charge in [0.2, 0.25) is 5.69 Å². The number of hydrogen-bond acceptors (Lipinski definition) is 1. The summed E-state index contributed by atoms with van der Waals surface area (Å²) < 4.78 is 4.99. The maximum absolute atomic E-state index is 2.57. The van der Waals surface area contributed by atoms with Crippen molar-refractivity contribution in [3.8, 4) is 22.5 Å². The van der Waals surface area contributed by atoms with Crippen molar-refractivity contribution in [1.29, 1.82) is 0 Å². The Bertz CT molecular complexity index is 1860. The highest BCUT2D eigenvalue weighted by Crippen LogP contribution is 2.49. The van der Waals surface area contributed by atoms with Crippen molar-refractivity contribution >= 4 is 28.5 Å². The number of allylic oxidation sites excluding steroid dienone is 2. The molecule has 5 aromatic rings. The minimum Gasteiger partial charge on any atom is -0.195 e. The summed E-state index contributed by atoms with van der Waals surface area (Å²) in [6.07, 6.45) is 3.14. The fraction of sp³-hybridized carbons (Fsp3) is 0.250. The number of aromatic nitrogens is 2. The highest BCUT2D eigenvalue weighted by atomic mass is 15.3. The molecule has 5 heterocycles. The van der Waals surface area contributed by atoms with Crippen molar-refractivity contribution < 1.29 is 9.13 Å². The Kier molecular flexibility index (Phi) is 5.47. The second-order valence-electron chi connectivity index (χ2n) is 14.4. The largest absolute Gasteiger partial charge is 0.292 e. The van der Waals surface area contributed by atoms with E-state index in [9.17, 15) is 0 Å². The van der Waals surface area contributed by atoms with Gasteiger partial charge in [0.15, 0.2) is 12.7 Å². The van der Waals surface area contributed by atoms with Crippen molar-refractivity contribution in [3.05, 3.63) is 126 Å². The number of nitrogens with zero attached hydrogens (tertiary/aromatic N) is 3. The lowest BCUT2D eigenvalue weighted by Crippen LogP contribution is -2.45. The number of rotatable bonds is 1. The van der Waals surface area contributed by atoms with Crippen LogP contribution in [0, 0.1) is 0 Å². The second kappa shape index (κ2) is 9.00. The van der Waals surface area contributed by atoms with Gasteiger partial charge in [-0.1, -0.05) is 77.9 Å². The quantitative estimate of drug-likeness (QED) is 0.186. The van der Waals surface area contributed by atoms with Crippen molar-refractivity contribution in [2.24, 2.45) is 0 Å². The lowest BCUT2D eigenvalue weighted by Gasteiger charge is -2.28. The van der Waals surface area contributed by atoms with Crippen molar-refractivity contribution in [1.82, 2.24) is 0 Å². The molecule has 0 unspecified atom stereocenters. The van der Waals surface area contributed by atoms with E-state index in [1.165, 1.54) is 73.2 Å². The van der Waals surface area contributed by atoms with Gasteiger partial charge in [-0.25, -0.2) is 0 Å². The van der Waals surface area contributed by atoms with Gasteiger partial charge in [-0.15, -0.1) is 0 Å². The summed E-state index contributed by atoms with van der Waals surface area (Å²) in [6, 6.07) is 36.6. The monoisotopic (exact) mass is 561 g/mol. The molecule has 0 bridgehead atoms. The third kappa shape index (κ3) is 3.94. The molecule has 3 aliphatic rings. The molecule has 0 amide bonds. The summed E-state index contributed by atoms with van der Waals surface area (Å²) in [4.78, 5) is 2.55. The first-order chi connectivity index (χ1) is 20.6. The fourth-order valence-electron chi connectivity index (χ4n) is 7.19. The Morgan fingerprint density at radius 1 is 0.651 bits per heavy atom. The molecule has 3 aromatic carbocycles. The van der Waals surface area contributed by atoms with Crippen LogP contribution in [-0.2, 0) is 23.8 Å². The lowest BCUT2D eigenvalue weighted by atomic mass is 9.80. The molecule has 2 aromatic heterocycles. The standard InChI is InChI=1S/C40H39N3/c1-39(2,3)27-22-28(40(4,5)6)24-29(23-27)42-35-18-11-15-31-33-16-9-10-20-41(33)25-32(38(31)35)36-21-26-13-7-8-14-30(26)34-17-12-19-37(42)43(34)36/h7-20,22-24H,21,25H2,1-6H3/q+2. The maximum atomic E-state index is 2.57. The van der Waals surface area contributed by atoms with Crippen LogP contribution in [0.2, 0.25) is 0 Å². The van der Waals surface area contributed by atoms with E-state index >= 15 is 0 Å². The Morgan fingerprint density at radius 3 is 2.09 bits per heavy atom. The first-order valence-electron chi connectivity index (χ1n) is 15.5. The van der Waals surface area contributed by atoms with Crippen LogP contribution >= 0.6 is 0 Å². The van der Waals surface area contributed by atoms with Crippen molar-refractivity contribution in [2.75, 3.05) is 4.90 Å². The van der Waals surface area contributed by atoms with Gasteiger partial charge in [0.1, 0.15) is 22.8 Å². The molecule has 8 rings (SSSR count). The predicted octanol–water partition coefficient (Wildman–Crippen LogP) is 8.91. The van der Waals surface area contributed by atoms with Gasteiger partial charge in [-0.05, 0) is 70.0 Å². The Labute approximate surface area is 255 Å². The maximum Gasteiger partial charge on any atom is 0.292 e. The van der Waals surface area contributed by atoms with E-state index in [1.54, 1.807) is 0 Å². The van der Waals surface area contributed by atoms with Crippen LogP contribution in [0.5, 0.6) is 0 Å². The highest BCUT2D eigenvalue weighted by molar-refractivity contribution is 5.99. The molecule has 0 N–H and O–H groups in total. The molecule has 0 fully saturated rings. The Balaban J connectivity index is 1.53. The smallest absolute Gasteiger partial charge is 0.195 e. The van der Waals surface area contributed by atoms with Crippen LogP contribution < -0.4 is 14.0 Å². The molecule has 0 radical (unpaired) electrons. The Hall–Kier alpha value is -4.50. The molecule has 3 nitrogen and oxygen atoms in total. The van der Waals surface area contributed by atoms with E-state index in [-0.39, 0.29) is 10.8 Å². The van der Waals surface area contributed by atoms with Gasteiger partial charge < -0.3 is 0 Å². The lowest BCUT2D eigenvalue weighted by molar-refractivity contribution is -0.675. The average molecular weight is 562 g/mol. The highest BCUT2D eigenvalue weighted by Gasteiger charge is 2.43. The number of benzene rings is 3. The molecule has 0 saturated heterocycles. The summed E-state index contributed by atoms with van der Waals surface area (Å²) in [7, 11) is 0. The van der Waals surface area contributed by atoms with E-state index in [0.717, 1.165) is 13.0 Å². The van der Waals surface area contributed by atoms with Crippen molar-refractivity contribution in [2.45, 2.75) is 65.3 Å². The van der Waals surface area contributed by atoms with Gasteiger partial charge in [0, 0.05) is 35.7 Å². The van der Waals surface area contributed by atoms with Crippen LogP contribution in [-0.4, -0.2) is 0 Å². The summed E-state index contributed by atoms with van der Waals surface area (Å²) in [5.74, 6) is 1.19. The molecule has 0 atom stereocenters. The van der Waals surface area contributed by atoms with Crippen molar-refractivity contribution in [3.63, 3.8) is 0 Å². The van der Waals surface area contributed by atoms with E-state index in [1.807, 2.05) is 0 Å². The average Bonchev–Trinajstić information content (AvgIpc) is 3.10. The number of fused-ring (bicyclic) bond motifs is 4. The molecule has 0 aliphatic carbocycles. The van der Waals surface area contributed by atoms with Gasteiger partial charge >= 0.3 is 0 Å². The normalized spacial score (nSPS) is 14.9. The minimum absolute atomic E-state index is 0.0182. The molecule has 3 aliphatic heterocycles. The third-order valence-corrected chi connectivity index (χ3v) is 9.51.